The highest BCUT2D eigenvalue weighted by Crippen LogP contribution is 2.31. The lowest BCUT2D eigenvalue weighted by atomic mass is 10.1. The third kappa shape index (κ3) is 3.25. The van der Waals surface area contributed by atoms with Crippen LogP contribution in [0, 0.1) is 5.82 Å². The minimum absolute atomic E-state index is 0.171. The molecule has 0 radical (unpaired) electrons. The van der Waals surface area contributed by atoms with Gasteiger partial charge in [0.2, 0.25) is 0 Å². The van der Waals surface area contributed by atoms with Crippen molar-refractivity contribution in [3.63, 3.8) is 0 Å². The molecule has 2 N–H and O–H groups in total. The molecule has 2 aromatic rings. The Hall–Kier alpha value is -2.57. The minimum atomic E-state index is -0.171. The van der Waals surface area contributed by atoms with Crippen molar-refractivity contribution in [1.82, 2.24) is 9.97 Å². The maximum absolute atomic E-state index is 14.0. The Morgan fingerprint density at radius 1 is 0.769 bits per heavy atom. The molecule has 0 bridgehead atoms. The van der Waals surface area contributed by atoms with Gasteiger partial charge < -0.3 is 20.4 Å². The minimum Gasteiger partial charge on any atom is -0.393 e. The lowest BCUT2D eigenvalue weighted by Gasteiger charge is -2.37. The summed E-state index contributed by atoms with van der Waals surface area (Å²) in [5.74, 6) is 1.48. The van der Waals surface area contributed by atoms with Gasteiger partial charge in [-0.25, -0.2) is 14.4 Å². The van der Waals surface area contributed by atoms with E-state index in [-0.39, 0.29) is 5.82 Å². The highest BCUT2D eigenvalue weighted by atomic mass is 19.1. The van der Waals surface area contributed by atoms with E-state index in [0.717, 1.165) is 50.9 Å². The van der Waals surface area contributed by atoms with Gasteiger partial charge in [-0.1, -0.05) is 12.1 Å². The summed E-state index contributed by atoms with van der Waals surface area (Å²) in [5.41, 5.74) is 7.76. The van der Waals surface area contributed by atoms with E-state index in [1.807, 2.05) is 12.1 Å². The molecule has 2 aliphatic heterocycles. The number of hydrogen-bond acceptors (Lipinski definition) is 6. The number of aromatic nitrogens is 2. The van der Waals surface area contributed by atoms with Crippen molar-refractivity contribution in [3.05, 3.63) is 36.4 Å². The van der Waals surface area contributed by atoms with Crippen LogP contribution in [0.25, 0.3) is 0 Å². The van der Waals surface area contributed by atoms with Crippen LogP contribution in [0.5, 0.6) is 0 Å². The summed E-state index contributed by atoms with van der Waals surface area (Å²) in [7, 11) is 0. The number of piperazine rings is 1. The van der Waals surface area contributed by atoms with E-state index in [9.17, 15) is 4.39 Å². The molecule has 1 aromatic heterocycles. The second-order valence-electron chi connectivity index (χ2n) is 6.91. The largest absolute Gasteiger partial charge is 0.393 e. The predicted molar refractivity (Wildman–Crippen MR) is 103 cm³/mol. The Labute approximate surface area is 153 Å². The van der Waals surface area contributed by atoms with Gasteiger partial charge >= 0.3 is 0 Å². The quantitative estimate of drug-likeness (QED) is 0.912. The molecular weight excluding hydrogens is 331 g/mol. The van der Waals surface area contributed by atoms with E-state index in [2.05, 4.69) is 24.7 Å². The number of para-hydroxylation sites is 1. The van der Waals surface area contributed by atoms with Crippen LogP contribution in [0.1, 0.15) is 19.3 Å². The van der Waals surface area contributed by atoms with Gasteiger partial charge in [-0.2, -0.15) is 0 Å². The number of nitrogens with zero attached hydrogens (tertiary/aromatic N) is 5. The van der Waals surface area contributed by atoms with Crippen molar-refractivity contribution >= 4 is 23.0 Å². The maximum Gasteiger partial charge on any atom is 0.157 e. The molecule has 4 rings (SSSR count). The van der Waals surface area contributed by atoms with Crippen molar-refractivity contribution in [3.8, 4) is 0 Å². The first-order chi connectivity index (χ1) is 12.7. The van der Waals surface area contributed by atoms with Crippen molar-refractivity contribution in [2.45, 2.75) is 19.3 Å². The van der Waals surface area contributed by atoms with Crippen LogP contribution < -0.4 is 20.4 Å². The Morgan fingerprint density at radius 3 is 2.00 bits per heavy atom. The number of anilines is 4. The zero-order chi connectivity index (χ0) is 17.9. The smallest absolute Gasteiger partial charge is 0.157 e. The first-order valence-corrected chi connectivity index (χ1v) is 9.34. The summed E-state index contributed by atoms with van der Waals surface area (Å²) in [5, 5.41) is 0. The lowest BCUT2D eigenvalue weighted by molar-refractivity contribution is 0.573. The molecule has 0 saturated carbocycles. The molecule has 138 valence electrons. The van der Waals surface area contributed by atoms with Gasteiger partial charge in [0.1, 0.15) is 17.8 Å². The van der Waals surface area contributed by atoms with Gasteiger partial charge in [0, 0.05) is 39.3 Å². The van der Waals surface area contributed by atoms with E-state index in [1.54, 1.807) is 12.4 Å². The Kier molecular flexibility index (Phi) is 4.77. The van der Waals surface area contributed by atoms with E-state index >= 15 is 0 Å². The molecule has 0 spiro atoms. The van der Waals surface area contributed by atoms with Gasteiger partial charge in [-0.05, 0) is 31.4 Å². The lowest BCUT2D eigenvalue weighted by Crippen LogP contribution is -2.47. The molecule has 0 atom stereocenters. The number of nitrogen functional groups attached to an aromatic ring is 1. The van der Waals surface area contributed by atoms with E-state index in [0.29, 0.717) is 11.4 Å². The zero-order valence-electron chi connectivity index (χ0n) is 14.9. The Bertz CT molecular complexity index is 753. The van der Waals surface area contributed by atoms with E-state index < -0.39 is 0 Å². The summed E-state index contributed by atoms with van der Waals surface area (Å²) in [6, 6.07) is 6.93. The maximum atomic E-state index is 14.0. The van der Waals surface area contributed by atoms with Crippen LogP contribution in [0.3, 0.4) is 0 Å². The summed E-state index contributed by atoms with van der Waals surface area (Å²) in [4.78, 5) is 15.4. The van der Waals surface area contributed by atoms with Crippen molar-refractivity contribution < 1.29 is 4.39 Å². The molecule has 3 heterocycles. The Morgan fingerprint density at radius 2 is 1.35 bits per heavy atom. The number of piperidine rings is 1. The molecule has 0 amide bonds. The molecule has 26 heavy (non-hydrogen) atoms. The second-order valence-corrected chi connectivity index (χ2v) is 6.91. The fraction of sp³-hybridized carbons (Fsp3) is 0.474. The molecule has 6 nitrogen and oxygen atoms in total. The van der Waals surface area contributed by atoms with Crippen LogP contribution in [0.2, 0.25) is 0 Å². The third-order valence-electron chi connectivity index (χ3n) is 5.27. The number of halogens is 1. The van der Waals surface area contributed by atoms with Crippen LogP contribution in [-0.2, 0) is 0 Å². The van der Waals surface area contributed by atoms with Gasteiger partial charge in [-0.3, -0.25) is 0 Å². The molecule has 0 unspecified atom stereocenters. The monoisotopic (exact) mass is 356 g/mol. The summed E-state index contributed by atoms with van der Waals surface area (Å²) in [6.45, 7) is 5.00. The van der Waals surface area contributed by atoms with Crippen LogP contribution in [-0.4, -0.2) is 49.2 Å². The number of hydrogen-bond donors (Lipinski definition) is 1. The average Bonchev–Trinajstić information content (AvgIpc) is 2.69. The average molecular weight is 356 g/mol. The van der Waals surface area contributed by atoms with Gasteiger partial charge in [0.05, 0.1) is 5.69 Å². The third-order valence-corrected chi connectivity index (χ3v) is 5.27. The fourth-order valence-electron chi connectivity index (χ4n) is 3.85. The first-order valence-electron chi connectivity index (χ1n) is 9.34. The normalized spacial score (nSPS) is 18.3. The van der Waals surface area contributed by atoms with Gasteiger partial charge in [0.25, 0.3) is 0 Å². The highest BCUT2D eigenvalue weighted by molar-refractivity contribution is 5.76. The molecule has 2 fully saturated rings. The molecule has 1 aromatic carbocycles. The summed E-state index contributed by atoms with van der Waals surface area (Å²) >= 11 is 0. The number of nitrogens with two attached hydrogens (primary N) is 1. The molecular formula is C19H25FN6. The SMILES string of the molecule is Nc1c(N2CCCCC2)ncnc1N1CCN(c2ccccc2F)CC1. The van der Waals surface area contributed by atoms with Gasteiger partial charge in [0.15, 0.2) is 11.6 Å². The van der Waals surface area contributed by atoms with Crippen molar-refractivity contribution in [1.29, 1.82) is 0 Å². The van der Waals surface area contributed by atoms with Crippen molar-refractivity contribution in [2.24, 2.45) is 0 Å². The Balaban J connectivity index is 1.48. The summed E-state index contributed by atoms with van der Waals surface area (Å²) < 4.78 is 14.0. The molecule has 7 heteroatoms. The molecule has 0 aliphatic carbocycles. The predicted octanol–water partition coefficient (Wildman–Crippen LogP) is 2.51. The molecule has 2 aliphatic rings. The van der Waals surface area contributed by atoms with Crippen molar-refractivity contribution in [2.75, 3.05) is 59.7 Å². The standard InChI is InChI=1S/C19H25FN6/c20-15-6-2-3-7-16(15)24-10-12-26(13-11-24)19-17(21)18(22-14-23-19)25-8-4-1-5-9-25/h2-3,6-7,14H,1,4-5,8-13,21H2. The molecule has 2 saturated heterocycles. The number of benzene rings is 1. The van der Waals surface area contributed by atoms with Crippen LogP contribution in [0.15, 0.2) is 30.6 Å². The topological polar surface area (TPSA) is 61.5 Å². The zero-order valence-corrected chi connectivity index (χ0v) is 14.9. The summed E-state index contributed by atoms with van der Waals surface area (Å²) in [6.07, 6.45) is 5.24. The van der Waals surface area contributed by atoms with Gasteiger partial charge in [-0.15, -0.1) is 0 Å². The van der Waals surface area contributed by atoms with E-state index in [4.69, 9.17) is 5.73 Å². The first kappa shape index (κ1) is 16.9. The van der Waals surface area contributed by atoms with E-state index in [1.165, 1.54) is 25.3 Å². The van der Waals surface area contributed by atoms with Crippen LogP contribution >= 0.6 is 0 Å². The fourth-order valence-corrected chi connectivity index (χ4v) is 3.85. The van der Waals surface area contributed by atoms with Crippen LogP contribution in [0.4, 0.5) is 27.4 Å². The second kappa shape index (κ2) is 7.35. The number of rotatable bonds is 3. The highest BCUT2D eigenvalue weighted by Gasteiger charge is 2.24.